The van der Waals surface area contributed by atoms with Crippen LogP contribution in [0.1, 0.15) is 149 Å². The first kappa shape index (κ1) is 25.0. The first-order chi connectivity index (χ1) is 12.3. The molecule has 0 aromatic rings. The topological polar surface area (TPSA) is 0 Å². The molecule has 0 nitrogen and oxygen atoms in total. The molecule has 151 valence electrons. The molecule has 0 aromatic carbocycles. The van der Waals surface area contributed by atoms with Crippen molar-refractivity contribution in [1.29, 1.82) is 0 Å². The molecule has 0 saturated heterocycles. The van der Waals surface area contributed by atoms with Gasteiger partial charge in [-0.25, -0.2) is 0 Å². The standard InChI is InChI=1S/C25H51/c1-4-6-8-9-10-11-12-13-14-15-16-17-18-19-20-22-24-25(3)23-21-7-5-2/h25H,2,4-24H2,1,3H3. The van der Waals surface area contributed by atoms with E-state index in [4.69, 9.17) is 0 Å². The normalized spacial score (nSPS) is 12.6. The van der Waals surface area contributed by atoms with Crippen molar-refractivity contribution in [1.82, 2.24) is 0 Å². The van der Waals surface area contributed by atoms with Crippen LogP contribution in [-0.2, 0) is 0 Å². The van der Waals surface area contributed by atoms with Gasteiger partial charge >= 0.3 is 0 Å². The van der Waals surface area contributed by atoms with Crippen molar-refractivity contribution in [3.63, 3.8) is 0 Å². The van der Waals surface area contributed by atoms with E-state index in [1.807, 2.05) is 0 Å². The summed E-state index contributed by atoms with van der Waals surface area (Å²) in [4.78, 5) is 0. The maximum Gasteiger partial charge on any atom is -0.0443 e. The van der Waals surface area contributed by atoms with Crippen LogP contribution in [0, 0.1) is 12.8 Å². The Bertz CT molecular complexity index is 220. The van der Waals surface area contributed by atoms with Gasteiger partial charge < -0.3 is 0 Å². The number of hydrogen-bond acceptors (Lipinski definition) is 0. The molecule has 0 aliphatic heterocycles. The van der Waals surface area contributed by atoms with Crippen molar-refractivity contribution >= 4 is 0 Å². The monoisotopic (exact) mass is 351 g/mol. The van der Waals surface area contributed by atoms with Crippen LogP contribution in [0.15, 0.2) is 0 Å². The number of unbranched alkanes of at least 4 members (excludes halogenated alkanes) is 17. The summed E-state index contributed by atoms with van der Waals surface area (Å²) in [7, 11) is 0. The van der Waals surface area contributed by atoms with Crippen molar-refractivity contribution in [2.45, 2.75) is 149 Å². The Hall–Kier alpha value is 0. The van der Waals surface area contributed by atoms with Gasteiger partial charge in [0, 0.05) is 0 Å². The lowest BCUT2D eigenvalue weighted by Crippen LogP contribution is -1.94. The quantitative estimate of drug-likeness (QED) is 0.180. The van der Waals surface area contributed by atoms with Crippen LogP contribution in [0.3, 0.4) is 0 Å². The van der Waals surface area contributed by atoms with E-state index in [9.17, 15) is 0 Å². The third kappa shape index (κ3) is 22.0. The van der Waals surface area contributed by atoms with E-state index in [2.05, 4.69) is 20.8 Å². The number of rotatable bonds is 21. The fourth-order valence-corrected chi connectivity index (χ4v) is 3.85. The molecule has 0 fully saturated rings. The minimum absolute atomic E-state index is 0.943. The molecule has 0 aromatic heterocycles. The minimum Gasteiger partial charge on any atom is -0.0654 e. The van der Waals surface area contributed by atoms with Gasteiger partial charge in [0.25, 0.3) is 0 Å². The molecule has 0 heteroatoms. The first-order valence-corrected chi connectivity index (χ1v) is 12.1. The molecule has 1 unspecified atom stereocenters. The van der Waals surface area contributed by atoms with Gasteiger partial charge in [0.15, 0.2) is 0 Å². The molecule has 0 amide bonds. The second kappa shape index (κ2) is 22.0. The zero-order valence-electron chi connectivity index (χ0n) is 18.1. The Labute approximate surface area is 161 Å². The van der Waals surface area contributed by atoms with E-state index in [0.717, 1.165) is 12.3 Å². The zero-order valence-corrected chi connectivity index (χ0v) is 18.1. The predicted molar refractivity (Wildman–Crippen MR) is 117 cm³/mol. The predicted octanol–water partition coefficient (Wildman–Crippen LogP) is 9.67. The average molecular weight is 352 g/mol. The lowest BCUT2D eigenvalue weighted by molar-refractivity contribution is 0.437. The summed E-state index contributed by atoms with van der Waals surface area (Å²) in [6.07, 6.45) is 30.2. The summed E-state index contributed by atoms with van der Waals surface area (Å²) in [5.74, 6) is 0.943. The van der Waals surface area contributed by atoms with Gasteiger partial charge in [0.05, 0.1) is 0 Å². The van der Waals surface area contributed by atoms with Gasteiger partial charge in [-0.1, -0.05) is 156 Å². The molecule has 1 atom stereocenters. The summed E-state index contributed by atoms with van der Waals surface area (Å²) in [6.45, 7) is 8.67. The molecule has 0 saturated carbocycles. The van der Waals surface area contributed by atoms with Gasteiger partial charge in [-0.05, 0) is 5.92 Å². The summed E-state index contributed by atoms with van der Waals surface area (Å²) >= 11 is 0. The zero-order chi connectivity index (χ0) is 18.4. The van der Waals surface area contributed by atoms with Crippen LogP contribution in [-0.4, -0.2) is 0 Å². The minimum atomic E-state index is 0.943. The third-order valence-corrected chi connectivity index (χ3v) is 5.75. The first-order valence-electron chi connectivity index (χ1n) is 12.1. The summed E-state index contributed by atoms with van der Waals surface area (Å²) in [6, 6.07) is 0. The van der Waals surface area contributed by atoms with Crippen LogP contribution in [0.2, 0.25) is 0 Å². The number of hydrogen-bond donors (Lipinski definition) is 0. The van der Waals surface area contributed by atoms with Crippen LogP contribution in [0.4, 0.5) is 0 Å². The van der Waals surface area contributed by atoms with E-state index in [-0.39, 0.29) is 0 Å². The van der Waals surface area contributed by atoms with Gasteiger partial charge in [0.2, 0.25) is 0 Å². The second-order valence-electron chi connectivity index (χ2n) is 8.55. The molecule has 0 aliphatic rings. The highest BCUT2D eigenvalue weighted by atomic mass is 14.1. The largest absolute Gasteiger partial charge is 0.0654 e. The maximum absolute atomic E-state index is 3.93. The van der Waals surface area contributed by atoms with Crippen molar-refractivity contribution in [3.05, 3.63) is 6.92 Å². The lowest BCUT2D eigenvalue weighted by atomic mass is 9.96. The molecule has 25 heavy (non-hydrogen) atoms. The second-order valence-corrected chi connectivity index (χ2v) is 8.55. The van der Waals surface area contributed by atoms with Crippen molar-refractivity contribution in [3.8, 4) is 0 Å². The molecular formula is C25H51. The van der Waals surface area contributed by atoms with Crippen LogP contribution < -0.4 is 0 Å². The molecule has 0 N–H and O–H groups in total. The van der Waals surface area contributed by atoms with E-state index in [1.165, 1.54) is 128 Å². The molecule has 0 heterocycles. The Kier molecular flexibility index (Phi) is 22.0. The van der Waals surface area contributed by atoms with Gasteiger partial charge in [-0.15, -0.1) is 0 Å². The van der Waals surface area contributed by atoms with Crippen molar-refractivity contribution in [2.75, 3.05) is 0 Å². The fraction of sp³-hybridized carbons (Fsp3) is 0.960. The highest BCUT2D eigenvalue weighted by molar-refractivity contribution is 4.56. The molecule has 0 bridgehead atoms. The Balaban J connectivity index is 3.05. The third-order valence-electron chi connectivity index (χ3n) is 5.75. The summed E-state index contributed by atoms with van der Waals surface area (Å²) in [5, 5.41) is 0. The van der Waals surface area contributed by atoms with Crippen LogP contribution >= 0.6 is 0 Å². The SMILES string of the molecule is [CH2]CCCCC(C)CCCCCCCCCCCCCCCCCC. The van der Waals surface area contributed by atoms with E-state index >= 15 is 0 Å². The van der Waals surface area contributed by atoms with E-state index in [1.54, 1.807) is 0 Å². The molecular weight excluding hydrogens is 300 g/mol. The van der Waals surface area contributed by atoms with Crippen LogP contribution in [0.5, 0.6) is 0 Å². The molecule has 0 rings (SSSR count). The Morgan fingerprint density at radius 1 is 0.480 bits per heavy atom. The maximum atomic E-state index is 3.93. The average Bonchev–Trinajstić information content (AvgIpc) is 2.61. The highest BCUT2D eigenvalue weighted by Crippen LogP contribution is 2.18. The fourth-order valence-electron chi connectivity index (χ4n) is 3.85. The summed E-state index contributed by atoms with van der Waals surface area (Å²) in [5.41, 5.74) is 0. The molecule has 1 radical (unpaired) electrons. The molecule has 0 spiro atoms. The molecule has 0 aliphatic carbocycles. The van der Waals surface area contributed by atoms with Crippen LogP contribution in [0.25, 0.3) is 0 Å². The van der Waals surface area contributed by atoms with Gasteiger partial charge in [-0.2, -0.15) is 0 Å². The smallest absolute Gasteiger partial charge is 0.0443 e. The Morgan fingerprint density at radius 2 is 0.800 bits per heavy atom. The van der Waals surface area contributed by atoms with Gasteiger partial charge in [0.1, 0.15) is 0 Å². The highest BCUT2D eigenvalue weighted by Gasteiger charge is 2.01. The van der Waals surface area contributed by atoms with Gasteiger partial charge in [-0.3, -0.25) is 0 Å². The van der Waals surface area contributed by atoms with E-state index < -0.39 is 0 Å². The van der Waals surface area contributed by atoms with Crippen molar-refractivity contribution in [2.24, 2.45) is 5.92 Å². The van der Waals surface area contributed by atoms with E-state index in [0.29, 0.717) is 0 Å². The summed E-state index contributed by atoms with van der Waals surface area (Å²) < 4.78 is 0. The Morgan fingerprint density at radius 3 is 1.16 bits per heavy atom. The lowest BCUT2D eigenvalue weighted by Gasteiger charge is -2.10. The van der Waals surface area contributed by atoms with Crippen molar-refractivity contribution < 1.29 is 0 Å².